The predicted molar refractivity (Wildman–Crippen MR) is 110 cm³/mol. The van der Waals surface area contributed by atoms with Gasteiger partial charge in [-0.3, -0.25) is 9.69 Å². The second-order valence-corrected chi connectivity index (χ2v) is 7.60. The number of nitrogens with zero attached hydrogens (tertiary/aromatic N) is 2. The molecule has 0 spiro atoms. The molecule has 0 bridgehead atoms. The maximum absolute atomic E-state index is 12.7. The number of carbonyl (C=O) groups excluding carboxylic acids is 1. The van der Waals surface area contributed by atoms with Gasteiger partial charge >= 0.3 is 6.18 Å². The van der Waals surface area contributed by atoms with E-state index in [1.54, 1.807) is 6.07 Å². The highest BCUT2D eigenvalue weighted by atomic mass is 19.4. The van der Waals surface area contributed by atoms with Gasteiger partial charge in [-0.05, 0) is 43.3 Å². The molecule has 1 saturated heterocycles. The highest BCUT2D eigenvalue weighted by Gasteiger charge is 2.35. The molecule has 0 aromatic heterocycles. The van der Waals surface area contributed by atoms with Crippen LogP contribution in [0.4, 0.5) is 35.9 Å². The molecule has 4 rings (SSSR count). The molecular weight excluding hydrogens is 397 g/mol. The number of piperazine rings is 1. The number of ether oxygens (including phenoxy) is 1. The van der Waals surface area contributed by atoms with Crippen molar-refractivity contribution in [2.45, 2.75) is 19.1 Å². The van der Waals surface area contributed by atoms with Crippen LogP contribution < -0.4 is 20.3 Å². The second-order valence-electron chi connectivity index (χ2n) is 7.60. The molecule has 2 N–H and O–H groups in total. The topological polar surface area (TPSA) is 56.8 Å². The molecule has 0 radical (unpaired) electrons. The Kier molecular flexibility index (Phi) is 5.46. The summed E-state index contributed by atoms with van der Waals surface area (Å²) in [5.74, 6) is 0.439. The lowest BCUT2D eigenvalue weighted by Crippen LogP contribution is -2.54. The van der Waals surface area contributed by atoms with Crippen molar-refractivity contribution >= 4 is 28.7 Å². The van der Waals surface area contributed by atoms with Crippen molar-refractivity contribution in [2.75, 3.05) is 48.3 Å². The van der Waals surface area contributed by atoms with E-state index in [0.717, 1.165) is 17.1 Å². The van der Waals surface area contributed by atoms with Crippen molar-refractivity contribution in [1.29, 1.82) is 0 Å². The normalized spacial score (nSPS) is 19.7. The number of hydrogen-bond acceptors (Lipinski definition) is 5. The van der Waals surface area contributed by atoms with Crippen LogP contribution >= 0.6 is 0 Å². The standard InChI is InChI=1S/C21H23F3N4O2/c1-14-11-27(8-9-28(14)13-21(22,23)24)17-5-2-15(3-6-17)25-16-4-7-18-19(10-16)30-12-20(29)26-18/h2-7,10,14,25H,8-9,11-13H2,1H3,(H,26,29)/t14-/m0/s1. The minimum atomic E-state index is -4.17. The number of carbonyl (C=O) groups is 1. The zero-order valence-corrected chi connectivity index (χ0v) is 16.5. The van der Waals surface area contributed by atoms with Gasteiger partial charge in [0.1, 0.15) is 5.75 Å². The molecule has 1 atom stereocenters. The Morgan fingerprint density at radius 1 is 1.13 bits per heavy atom. The molecule has 2 aromatic rings. The van der Waals surface area contributed by atoms with E-state index in [0.29, 0.717) is 31.1 Å². The second kappa shape index (κ2) is 8.06. The molecule has 1 fully saturated rings. The summed E-state index contributed by atoms with van der Waals surface area (Å²) in [6, 6.07) is 13.1. The summed E-state index contributed by atoms with van der Waals surface area (Å²) in [5, 5.41) is 6.04. The summed E-state index contributed by atoms with van der Waals surface area (Å²) in [4.78, 5) is 14.9. The van der Waals surface area contributed by atoms with E-state index < -0.39 is 12.7 Å². The molecule has 160 valence electrons. The lowest BCUT2D eigenvalue weighted by Gasteiger charge is -2.41. The van der Waals surface area contributed by atoms with Gasteiger partial charge in [-0.25, -0.2) is 0 Å². The fourth-order valence-corrected chi connectivity index (χ4v) is 3.77. The van der Waals surface area contributed by atoms with Crippen LogP contribution in [-0.4, -0.2) is 55.8 Å². The SMILES string of the molecule is C[C@H]1CN(c2ccc(Nc3ccc4c(c3)OCC(=O)N4)cc2)CCN1CC(F)(F)F. The summed E-state index contributed by atoms with van der Waals surface area (Å²) in [7, 11) is 0. The number of rotatable bonds is 4. The van der Waals surface area contributed by atoms with Crippen molar-refractivity contribution in [1.82, 2.24) is 4.90 Å². The predicted octanol–water partition coefficient (Wildman–Crippen LogP) is 3.83. The first-order valence-electron chi connectivity index (χ1n) is 9.76. The van der Waals surface area contributed by atoms with Gasteiger partial charge in [-0.2, -0.15) is 13.2 Å². The van der Waals surface area contributed by atoms with Gasteiger partial charge < -0.3 is 20.3 Å². The largest absolute Gasteiger partial charge is 0.482 e. The van der Waals surface area contributed by atoms with E-state index >= 15 is 0 Å². The lowest BCUT2D eigenvalue weighted by atomic mass is 10.1. The Hall–Kier alpha value is -2.94. The van der Waals surface area contributed by atoms with Gasteiger partial charge in [-0.1, -0.05) is 0 Å². The minimum Gasteiger partial charge on any atom is -0.482 e. The monoisotopic (exact) mass is 420 g/mol. The van der Waals surface area contributed by atoms with Gasteiger partial charge in [0, 0.05) is 48.8 Å². The molecule has 2 aliphatic heterocycles. The first-order valence-corrected chi connectivity index (χ1v) is 9.76. The van der Waals surface area contributed by atoms with Gasteiger partial charge in [-0.15, -0.1) is 0 Å². The lowest BCUT2D eigenvalue weighted by molar-refractivity contribution is -0.150. The number of halogens is 3. The van der Waals surface area contributed by atoms with Crippen LogP contribution in [0.15, 0.2) is 42.5 Å². The van der Waals surface area contributed by atoms with Gasteiger partial charge in [0.2, 0.25) is 0 Å². The molecular formula is C21H23F3N4O2. The van der Waals surface area contributed by atoms with Crippen LogP contribution in [0, 0.1) is 0 Å². The van der Waals surface area contributed by atoms with Crippen molar-refractivity contribution in [3.8, 4) is 5.75 Å². The van der Waals surface area contributed by atoms with Crippen LogP contribution in [0.5, 0.6) is 5.75 Å². The van der Waals surface area contributed by atoms with Crippen LogP contribution in [-0.2, 0) is 4.79 Å². The van der Waals surface area contributed by atoms with Gasteiger partial charge in [0.15, 0.2) is 6.61 Å². The first kappa shape index (κ1) is 20.3. The summed E-state index contributed by atoms with van der Waals surface area (Å²) in [5.41, 5.74) is 3.33. The van der Waals surface area contributed by atoms with E-state index in [4.69, 9.17) is 4.74 Å². The van der Waals surface area contributed by atoms with Crippen LogP contribution in [0.2, 0.25) is 0 Å². The fourth-order valence-electron chi connectivity index (χ4n) is 3.77. The number of anilines is 4. The molecule has 0 aliphatic carbocycles. The zero-order chi connectivity index (χ0) is 21.3. The maximum atomic E-state index is 12.7. The van der Waals surface area contributed by atoms with Crippen molar-refractivity contribution in [3.63, 3.8) is 0 Å². The smallest absolute Gasteiger partial charge is 0.401 e. The molecule has 2 aliphatic rings. The number of hydrogen-bond donors (Lipinski definition) is 2. The minimum absolute atomic E-state index is 0.000192. The molecule has 6 nitrogen and oxygen atoms in total. The summed E-state index contributed by atoms with van der Waals surface area (Å²) < 4.78 is 43.5. The van der Waals surface area contributed by atoms with Crippen LogP contribution in [0.3, 0.4) is 0 Å². The Bertz CT molecular complexity index is 917. The van der Waals surface area contributed by atoms with Crippen molar-refractivity contribution in [3.05, 3.63) is 42.5 Å². The van der Waals surface area contributed by atoms with Crippen LogP contribution in [0.25, 0.3) is 0 Å². The Morgan fingerprint density at radius 2 is 1.87 bits per heavy atom. The van der Waals surface area contributed by atoms with Crippen molar-refractivity contribution < 1.29 is 22.7 Å². The van der Waals surface area contributed by atoms with Gasteiger partial charge in [0.05, 0.1) is 12.2 Å². The number of fused-ring (bicyclic) bond motifs is 1. The third-order valence-electron chi connectivity index (χ3n) is 5.28. The molecule has 1 amide bonds. The van der Waals surface area contributed by atoms with E-state index in [1.165, 1.54) is 4.90 Å². The van der Waals surface area contributed by atoms with Gasteiger partial charge in [0.25, 0.3) is 5.91 Å². The molecule has 2 heterocycles. The zero-order valence-electron chi connectivity index (χ0n) is 16.5. The highest BCUT2D eigenvalue weighted by molar-refractivity contribution is 5.95. The Balaban J connectivity index is 1.37. The average Bonchev–Trinajstić information content (AvgIpc) is 2.69. The average molecular weight is 420 g/mol. The third kappa shape index (κ3) is 4.79. The molecule has 2 aromatic carbocycles. The number of amides is 1. The quantitative estimate of drug-likeness (QED) is 0.787. The summed E-state index contributed by atoms with van der Waals surface area (Å²) in [6.45, 7) is 2.46. The Morgan fingerprint density at radius 3 is 2.57 bits per heavy atom. The van der Waals surface area contributed by atoms with Crippen molar-refractivity contribution in [2.24, 2.45) is 0 Å². The molecule has 9 heteroatoms. The highest BCUT2D eigenvalue weighted by Crippen LogP contribution is 2.32. The van der Waals surface area contributed by atoms with E-state index in [2.05, 4.69) is 15.5 Å². The molecule has 0 saturated carbocycles. The number of nitrogens with one attached hydrogen (secondary N) is 2. The first-order chi connectivity index (χ1) is 14.3. The number of alkyl halides is 3. The molecule has 0 unspecified atom stereocenters. The number of benzene rings is 2. The van der Waals surface area contributed by atoms with E-state index in [9.17, 15) is 18.0 Å². The maximum Gasteiger partial charge on any atom is 0.401 e. The van der Waals surface area contributed by atoms with E-state index in [1.807, 2.05) is 43.3 Å². The van der Waals surface area contributed by atoms with E-state index in [-0.39, 0.29) is 18.6 Å². The van der Waals surface area contributed by atoms with Crippen LogP contribution in [0.1, 0.15) is 6.92 Å². The third-order valence-corrected chi connectivity index (χ3v) is 5.28. The summed E-state index contributed by atoms with van der Waals surface area (Å²) >= 11 is 0. The molecule has 30 heavy (non-hydrogen) atoms. The fraction of sp³-hybridized carbons (Fsp3) is 0.381. The summed E-state index contributed by atoms with van der Waals surface area (Å²) in [6.07, 6.45) is -4.17. The Labute approximate surface area is 172 Å².